The van der Waals surface area contributed by atoms with Crippen LogP contribution >= 0.6 is 0 Å². The van der Waals surface area contributed by atoms with Crippen LogP contribution in [0.4, 0.5) is 5.69 Å². The van der Waals surface area contributed by atoms with Crippen LogP contribution in [-0.4, -0.2) is 56.1 Å². The van der Waals surface area contributed by atoms with Crippen LogP contribution in [0.2, 0.25) is 0 Å². The Morgan fingerprint density at radius 3 is 2.42 bits per heavy atom. The Kier molecular flexibility index (Phi) is 4.80. The molecule has 1 aromatic carbocycles. The van der Waals surface area contributed by atoms with Gasteiger partial charge in [-0.25, -0.2) is 4.79 Å². The van der Waals surface area contributed by atoms with E-state index < -0.39 is 5.97 Å². The number of benzene rings is 1. The largest absolute Gasteiger partial charge is 0.465 e. The van der Waals surface area contributed by atoms with Crippen molar-refractivity contribution < 1.29 is 23.9 Å². The second kappa shape index (κ2) is 7.00. The first-order valence-corrected chi connectivity index (χ1v) is 7.96. The molecule has 2 unspecified atom stereocenters. The summed E-state index contributed by atoms with van der Waals surface area (Å²) in [7, 11) is 1.32. The van der Waals surface area contributed by atoms with Gasteiger partial charge < -0.3 is 19.7 Å². The number of amides is 2. The number of carbonyl (C=O) groups excluding carboxylic acids is 3. The van der Waals surface area contributed by atoms with Gasteiger partial charge in [0.1, 0.15) is 0 Å². The third-order valence-electron chi connectivity index (χ3n) is 4.34. The summed E-state index contributed by atoms with van der Waals surface area (Å²) < 4.78 is 9.86. The van der Waals surface area contributed by atoms with Crippen LogP contribution in [-0.2, 0) is 19.1 Å². The second-order valence-corrected chi connectivity index (χ2v) is 5.94. The molecule has 0 radical (unpaired) electrons. The summed E-state index contributed by atoms with van der Waals surface area (Å²) in [5, 5.41) is 2.79. The van der Waals surface area contributed by atoms with Gasteiger partial charge in [-0.2, -0.15) is 0 Å². The number of ether oxygens (including phenoxy) is 2. The first-order chi connectivity index (χ1) is 11.6. The fourth-order valence-electron chi connectivity index (χ4n) is 2.82. The Morgan fingerprint density at radius 2 is 1.79 bits per heavy atom. The number of hydrogen-bond acceptors (Lipinski definition) is 5. The van der Waals surface area contributed by atoms with Crippen LogP contribution in [0, 0.1) is 11.8 Å². The number of esters is 1. The summed E-state index contributed by atoms with van der Waals surface area (Å²) in [5.41, 5.74) is 1.01. The molecule has 2 amide bonds. The maximum atomic E-state index is 12.3. The molecular formula is C17H20N2O5. The zero-order valence-corrected chi connectivity index (χ0v) is 13.5. The summed E-state index contributed by atoms with van der Waals surface area (Å²) in [6.07, 6.45) is 0.586. The summed E-state index contributed by atoms with van der Waals surface area (Å²) in [5.74, 6) is -1.05. The number of anilines is 1. The predicted molar refractivity (Wildman–Crippen MR) is 85.4 cm³/mol. The Hall–Kier alpha value is -2.41. The lowest BCUT2D eigenvalue weighted by Crippen LogP contribution is -2.42. The van der Waals surface area contributed by atoms with E-state index in [2.05, 4.69) is 10.1 Å². The van der Waals surface area contributed by atoms with Gasteiger partial charge in [-0.1, -0.05) is 0 Å². The van der Waals surface area contributed by atoms with Crippen molar-refractivity contribution in [1.82, 2.24) is 4.90 Å². The number of nitrogens with one attached hydrogen (secondary N) is 1. The van der Waals surface area contributed by atoms with Crippen molar-refractivity contribution in [2.75, 3.05) is 38.7 Å². The van der Waals surface area contributed by atoms with Crippen molar-refractivity contribution in [3.63, 3.8) is 0 Å². The Labute approximate surface area is 139 Å². The smallest absolute Gasteiger partial charge is 0.337 e. The molecule has 2 fully saturated rings. The molecule has 0 bridgehead atoms. The van der Waals surface area contributed by atoms with E-state index in [4.69, 9.17) is 4.74 Å². The SMILES string of the molecule is COC(=O)c1ccc(NC(=O)C2CC2C(=O)N2CCOCC2)cc1. The van der Waals surface area contributed by atoms with Crippen LogP contribution in [0.5, 0.6) is 0 Å². The standard InChI is InChI=1S/C17H20N2O5/c1-23-17(22)11-2-4-12(5-3-11)18-15(20)13-10-14(13)16(21)19-6-8-24-9-7-19/h2-5,13-14H,6-10H2,1H3,(H,18,20). The number of methoxy groups -OCH3 is 1. The van der Waals surface area contributed by atoms with Gasteiger partial charge in [0, 0.05) is 18.8 Å². The van der Waals surface area contributed by atoms with Gasteiger partial charge in [0.25, 0.3) is 0 Å². The van der Waals surface area contributed by atoms with Crippen molar-refractivity contribution in [2.45, 2.75) is 6.42 Å². The van der Waals surface area contributed by atoms with Gasteiger partial charge in [0.05, 0.1) is 37.7 Å². The van der Waals surface area contributed by atoms with Gasteiger partial charge in [-0.05, 0) is 30.7 Å². The van der Waals surface area contributed by atoms with E-state index in [1.807, 2.05) is 0 Å². The lowest BCUT2D eigenvalue weighted by molar-refractivity contribution is -0.137. The minimum Gasteiger partial charge on any atom is -0.465 e. The van der Waals surface area contributed by atoms with Crippen molar-refractivity contribution >= 4 is 23.5 Å². The monoisotopic (exact) mass is 332 g/mol. The first kappa shape index (κ1) is 16.4. The molecule has 2 atom stereocenters. The highest BCUT2D eigenvalue weighted by molar-refractivity contribution is 6.00. The molecule has 1 N–H and O–H groups in total. The van der Waals surface area contributed by atoms with E-state index in [1.54, 1.807) is 29.2 Å². The quantitative estimate of drug-likeness (QED) is 0.828. The number of nitrogens with zero attached hydrogens (tertiary/aromatic N) is 1. The maximum Gasteiger partial charge on any atom is 0.337 e. The zero-order valence-electron chi connectivity index (χ0n) is 13.5. The van der Waals surface area contributed by atoms with E-state index in [9.17, 15) is 14.4 Å². The Morgan fingerprint density at radius 1 is 1.12 bits per heavy atom. The van der Waals surface area contributed by atoms with Gasteiger partial charge in [0.15, 0.2) is 0 Å². The molecule has 0 aromatic heterocycles. The minimum absolute atomic E-state index is 0.0412. The molecule has 1 heterocycles. The molecule has 0 spiro atoms. The molecule has 24 heavy (non-hydrogen) atoms. The summed E-state index contributed by atoms with van der Waals surface area (Å²) >= 11 is 0. The van der Waals surface area contributed by atoms with Gasteiger partial charge >= 0.3 is 5.97 Å². The molecule has 7 heteroatoms. The van der Waals surface area contributed by atoms with Crippen LogP contribution in [0.25, 0.3) is 0 Å². The van der Waals surface area contributed by atoms with Gasteiger partial charge in [0.2, 0.25) is 11.8 Å². The van der Waals surface area contributed by atoms with Crippen LogP contribution < -0.4 is 5.32 Å². The second-order valence-electron chi connectivity index (χ2n) is 5.94. The van der Waals surface area contributed by atoms with Crippen LogP contribution in [0.1, 0.15) is 16.8 Å². The van der Waals surface area contributed by atoms with Gasteiger partial charge in [-0.15, -0.1) is 0 Å². The molecule has 2 aliphatic rings. The van der Waals surface area contributed by atoms with E-state index in [-0.39, 0.29) is 23.7 Å². The molecule has 7 nitrogen and oxygen atoms in total. The van der Waals surface area contributed by atoms with Crippen molar-refractivity contribution in [3.05, 3.63) is 29.8 Å². The number of rotatable bonds is 4. The topological polar surface area (TPSA) is 84.9 Å². The summed E-state index contributed by atoms with van der Waals surface area (Å²) in [6.45, 7) is 2.31. The minimum atomic E-state index is -0.425. The van der Waals surface area contributed by atoms with Crippen LogP contribution in [0.3, 0.4) is 0 Å². The molecule has 1 saturated heterocycles. The first-order valence-electron chi connectivity index (χ1n) is 7.96. The van der Waals surface area contributed by atoms with Crippen LogP contribution in [0.15, 0.2) is 24.3 Å². The van der Waals surface area contributed by atoms with Crippen molar-refractivity contribution in [2.24, 2.45) is 11.8 Å². The Bertz CT molecular complexity index is 637. The van der Waals surface area contributed by atoms with E-state index >= 15 is 0 Å². The molecule has 3 rings (SSSR count). The van der Waals surface area contributed by atoms with Gasteiger partial charge in [-0.3, -0.25) is 9.59 Å². The lowest BCUT2D eigenvalue weighted by atomic mass is 10.2. The van der Waals surface area contributed by atoms with Crippen molar-refractivity contribution in [3.8, 4) is 0 Å². The molecule has 128 valence electrons. The number of carbonyl (C=O) groups is 3. The average Bonchev–Trinajstić information content (AvgIpc) is 3.42. The lowest BCUT2D eigenvalue weighted by Gasteiger charge is -2.27. The van der Waals surface area contributed by atoms with Crippen molar-refractivity contribution in [1.29, 1.82) is 0 Å². The fraction of sp³-hybridized carbons (Fsp3) is 0.471. The molecule has 1 aromatic rings. The molecule has 1 saturated carbocycles. The molecule has 1 aliphatic carbocycles. The van der Waals surface area contributed by atoms with E-state index in [1.165, 1.54) is 7.11 Å². The summed E-state index contributed by atoms with van der Waals surface area (Å²) in [6, 6.07) is 6.46. The fourth-order valence-corrected chi connectivity index (χ4v) is 2.82. The highest BCUT2D eigenvalue weighted by atomic mass is 16.5. The molecule has 1 aliphatic heterocycles. The summed E-state index contributed by atoms with van der Waals surface area (Å²) in [4.78, 5) is 37.7. The third kappa shape index (κ3) is 3.56. The average molecular weight is 332 g/mol. The normalized spacial score (nSPS) is 22.6. The van der Waals surface area contributed by atoms with E-state index in [0.29, 0.717) is 44.0 Å². The highest BCUT2D eigenvalue weighted by Crippen LogP contribution is 2.41. The molecular weight excluding hydrogens is 312 g/mol. The Balaban J connectivity index is 1.53. The predicted octanol–water partition coefficient (Wildman–Crippen LogP) is 0.907. The zero-order chi connectivity index (χ0) is 17.1. The van der Waals surface area contributed by atoms with E-state index in [0.717, 1.165) is 0 Å². The number of morpholine rings is 1. The third-order valence-corrected chi connectivity index (χ3v) is 4.34. The maximum absolute atomic E-state index is 12.3. The highest BCUT2D eigenvalue weighted by Gasteiger charge is 2.49. The number of hydrogen-bond donors (Lipinski definition) is 1.